The van der Waals surface area contributed by atoms with Crippen molar-refractivity contribution < 1.29 is 8.42 Å². The van der Waals surface area contributed by atoms with Gasteiger partial charge in [-0.25, -0.2) is 0 Å². The molecule has 1 aromatic heterocycles. The molecule has 0 radical (unpaired) electrons. The molecule has 0 spiro atoms. The van der Waals surface area contributed by atoms with Crippen LogP contribution in [0, 0.1) is 0 Å². The smallest absolute Gasteiger partial charge is 0.265 e. The van der Waals surface area contributed by atoms with Crippen LogP contribution in [-0.4, -0.2) is 42.1 Å². The number of hydrogen-bond acceptors (Lipinski definition) is 3. The molecule has 5 nitrogen and oxygen atoms in total. The van der Waals surface area contributed by atoms with Crippen molar-refractivity contribution in [3.8, 4) is 0 Å². The van der Waals surface area contributed by atoms with Crippen molar-refractivity contribution in [2.45, 2.75) is 25.8 Å². The van der Waals surface area contributed by atoms with Crippen LogP contribution in [0.15, 0.2) is 24.5 Å². The molecule has 0 atom stereocenters. The minimum atomic E-state index is -3.31. The third-order valence-corrected chi connectivity index (χ3v) is 5.12. The molecule has 0 aromatic carbocycles. The van der Waals surface area contributed by atoms with E-state index in [0.29, 0.717) is 19.6 Å². The van der Waals surface area contributed by atoms with E-state index in [9.17, 15) is 8.42 Å². The summed E-state index contributed by atoms with van der Waals surface area (Å²) >= 11 is 0. The highest BCUT2D eigenvalue weighted by Crippen LogP contribution is 2.16. The fourth-order valence-corrected chi connectivity index (χ4v) is 3.55. The zero-order chi connectivity index (χ0) is 13.0. The first kappa shape index (κ1) is 13.5. The lowest BCUT2D eigenvalue weighted by atomic mass is 10.2. The van der Waals surface area contributed by atoms with Crippen LogP contribution in [0.2, 0.25) is 0 Å². The van der Waals surface area contributed by atoms with E-state index in [4.69, 9.17) is 0 Å². The van der Waals surface area contributed by atoms with Crippen LogP contribution in [-0.2, 0) is 16.8 Å². The second-order valence-electron chi connectivity index (χ2n) is 4.58. The lowest BCUT2D eigenvalue weighted by Gasteiger charge is -2.30. The van der Waals surface area contributed by atoms with E-state index in [1.54, 1.807) is 23.7 Å². The van der Waals surface area contributed by atoms with Crippen LogP contribution in [0.3, 0.4) is 0 Å². The summed E-state index contributed by atoms with van der Waals surface area (Å²) in [6, 6.07) is 3.67. The molecular formula is C12H19N3O2S. The molecule has 0 N–H and O–H groups in total. The minimum Gasteiger partial charge on any atom is -0.265 e. The van der Waals surface area contributed by atoms with Crippen LogP contribution in [0.5, 0.6) is 0 Å². The standard InChI is InChI=1S/C12H19N3O2S/c1-14(11-12-5-7-13-8-6-12)18(16,17)15-9-3-2-4-10-15/h5-8H,2-4,9-11H2,1H3. The summed E-state index contributed by atoms with van der Waals surface area (Å²) in [4.78, 5) is 3.93. The molecule has 1 aromatic rings. The van der Waals surface area contributed by atoms with Crippen LogP contribution >= 0.6 is 0 Å². The van der Waals surface area contributed by atoms with Gasteiger partial charge in [0, 0.05) is 39.1 Å². The molecule has 0 aliphatic carbocycles. The Morgan fingerprint density at radius 2 is 1.83 bits per heavy atom. The number of pyridine rings is 1. The van der Waals surface area contributed by atoms with Gasteiger partial charge in [0.15, 0.2) is 0 Å². The van der Waals surface area contributed by atoms with E-state index in [1.165, 1.54) is 4.31 Å². The van der Waals surface area contributed by atoms with Crippen molar-refractivity contribution in [2.24, 2.45) is 0 Å². The summed E-state index contributed by atoms with van der Waals surface area (Å²) in [6.45, 7) is 1.67. The first-order valence-electron chi connectivity index (χ1n) is 6.21. The number of nitrogens with zero attached hydrogens (tertiary/aromatic N) is 3. The fraction of sp³-hybridized carbons (Fsp3) is 0.583. The zero-order valence-electron chi connectivity index (χ0n) is 10.6. The lowest BCUT2D eigenvalue weighted by molar-refractivity contribution is 0.314. The number of piperidine rings is 1. The van der Waals surface area contributed by atoms with E-state index in [0.717, 1.165) is 24.8 Å². The van der Waals surface area contributed by atoms with Crippen LogP contribution in [0.1, 0.15) is 24.8 Å². The Morgan fingerprint density at radius 3 is 2.44 bits per heavy atom. The van der Waals surface area contributed by atoms with Gasteiger partial charge in [-0.15, -0.1) is 0 Å². The summed E-state index contributed by atoms with van der Waals surface area (Å²) < 4.78 is 27.6. The Labute approximate surface area is 109 Å². The van der Waals surface area contributed by atoms with E-state index >= 15 is 0 Å². The molecule has 1 aliphatic heterocycles. The molecule has 2 rings (SSSR count). The molecule has 100 valence electrons. The predicted molar refractivity (Wildman–Crippen MR) is 70.0 cm³/mol. The Kier molecular flexibility index (Phi) is 4.31. The highest BCUT2D eigenvalue weighted by atomic mass is 32.2. The van der Waals surface area contributed by atoms with Gasteiger partial charge in [-0.05, 0) is 30.5 Å². The Bertz CT molecular complexity index is 469. The second-order valence-corrected chi connectivity index (χ2v) is 6.61. The Hall–Kier alpha value is -0.980. The van der Waals surface area contributed by atoms with Crippen LogP contribution in [0.25, 0.3) is 0 Å². The molecule has 1 fully saturated rings. The predicted octanol–water partition coefficient (Wildman–Crippen LogP) is 1.24. The Balaban J connectivity index is 2.05. The lowest BCUT2D eigenvalue weighted by Crippen LogP contribution is -2.43. The summed E-state index contributed by atoms with van der Waals surface area (Å²) in [5.74, 6) is 0. The van der Waals surface area contributed by atoms with Crippen molar-refractivity contribution in [1.29, 1.82) is 0 Å². The SMILES string of the molecule is CN(Cc1ccncc1)S(=O)(=O)N1CCCCC1. The average molecular weight is 269 g/mol. The van der Waals surface area contributed by atoms with Gasteiger partial charge >= 0.3 is 0 Å². The highest BCUT2D eigenvalue weighted by molar-refractivity contribution is 7.86. The fourth-order valence-electron chi connectivity index (χ4n) is 2.12. The van der Waals surface area contributed by atoms with Gasteiger partial charge in [-0.3, -0.25) is 4.98 Å². The largest absolute Gasteiger partial charge is 0.282 e. The number of hydrogen-bond donors (Lipinski definition) is 0. The van der Waals surface area contributed by atoms with Gasteiger partial charge in [-0.2, -0.15) is 17.0 Å². The maximum Gasteiger partial charge on any atom is 0.282 e. The molecule has 0 saturated carbocycles. The summed E-state index contributed by atoms with van der Waals surface area (Å²) in [5.41, 5.74) is 0.952. The maximum atomic E-state index is 12.3. The van der Waals surface area contributed by atoms with E-state index < -0.39 is 10.2 Å². The normalized spacial score (nSPS) is 18.1. The summed E-state index contributed by atoms with van der Waals surface area (Å²) in [6.07, 6.45) is 6.40. The van der Waals surface area contributed by atoms with Gasteiger partial charge < -0.3 is 0 Å². The van der Waals surface area contributed by atoms with Crippen LogP contribution < -0.4 is 0 Å². The van der Waals surface area contributed by atoms with Crippen molar-refractivity contribution >= 4 is 10.2 Å². The highest BCUT2D eigenvalue weighted by Gasteiger charge is 2.27. The molecule has 0 bridgehead atoms. The summed E-state index contributed by atoms with van der Waals surface area (Å²) in [5, 5.41) is 0. The molecule has 0 amide bonds. The monoisotopic (exact) mass is 269 g/mol. The second kappa shape index (κ2) is 5.77. The molecule has 1 saturated heterocycles. The quantitative estimate of drug-likeness (QED) is 0.826. The van der Waals surface area contributed by atoms with Crippen LogP contribution in [0.4, 0.5) is 0 Å². The average Bonchev–Trinajstić information content (AvgIpc) is 2.41. The molecular weight excluding hydrogens is 250 g/mol. The molecule has 1 aliphatic rings. The van der Waals surface area contributed by atoms with Gasteiger partial charge in [-0.1, -0.05) is 6.42 Å². The van der Waals surface area contributed by atoms with E-state index in [2.05, 4.69) is 4.98 Å². The topological polar surface area (TPSA) is 53.5 Å². The first-order chi connectivity index (χ1) is 8.60. The van der Waals surface area contributed by atoms with E-state index in [1.807, 2.05) is 12.1 Å². The third-order valence-electron chi connectivity index (χ3n) is 3.19. The first-order valence-corrected chi connectivity index (χ1v) is 7.61. The van der Waals surface area contributed by atoms with Gasteiger partial charge in [0.1, 0.15) is 0 Å². The van der Waals surface area contributed by atoms with Crippen molar-refractivity contribution in [3.05, 3.63) is 30.1 Å². The number of rotatable bonds is 4. The third kappa shape index (κ3) is 3.07. The minimum absolute atomic E-state index is 0.390. The van der Waals surface area contributed by atoms with Gasteiger partial charge in [0.2, 0.25) is 0 Å². The Morgan fingerprint density at radius 1 is 1.22 bits per heavy atom. The molecule has 2 heterocycles. The van der Waals surface area contributed by atoms with Crippen molar-refractivity contribution in [3.63, 3.8) is 0 Å². The van der Waals surface area contributed by atoms with E-state index in [-0.39, 0.29) is 0 Å². The van der Waals surface area contributed by atoms with Crippen molar-refractivity contribution in [1.82, 2.24) is 13.6 Å². The van der Waals surface area contributed by atoms with Gasteiger partial charge in [0.25, 0.3) is 10.2 Å². The maximum absolute atomic E-state index is 12.3. The summed E-state index contributed by atoms with van der Waals surface area (Å²) in [7, 11) is -1.68. The van der Waals surface area contributed by atoms with Gasteiger partial charge in [0.05, 0.1) is 0 Å². The molecule has 0 unspecified atom stereocenters. The molecule has 6 heteroatoms. The number of aromatic nitrogens is 1. The van der Waals surface area contributed by atoms with Crippen molar-refractivity contribution in [2.75, 3.05) is 20.1 Å². The molecule has 18 heavy (non-hydrogen) atoms. The zero-order valence-corrected chi connectivity index (χ0v) is 11.4.